The second kappa shape index (κ2) is 4.88. The minimum atomic E-state index is -0.206. The number of benzene rings is 1. The van der Waals surface area contributed by atoms with Gasteiger partial charge in [-0.05, 0) is 23.6 Å². The maximum atomic E-state index is 11.2. The third-order valence-electron chi connectivity index (χ3n) is 3.56. The lowest BCUT2D eigenvalue weighted by Gasteiger charge is -2.24. The van der Waals surface area contributed by atoms with Gasteiger partial charge in [-0.2, -0.15) is 0 Å². The fourth-order valence-corrected chi connectivity index (χ4v) is 2.53. The van der Waals surface area contributed by atoms with Gasteiger partial charge in [-0.15, -0.1) is 0 Å². The zero-order chi connectivity index (χ0) is 13.2. The second-order valence-corrected chi connectivity index (χ2v) is 4.75. The number of esters is 1. The molecule has 3 rings (SSSR count). The average Bonchev–Trinajstić information content (AvgIpc) is 2.84. The highest BCUT2D eigenvalue weighted by Gasteiger charge is 2.27. The number of carbonyl (C=O) groups excluding carboxylic acids is 1. The van der Waals surface area contributed by atoms with Crippen LogP contribution in [0, 0.1) is 0 Å². The van der Waals surface area contributed by atoms with Gasteiger partial charge < -0.3 is 9.64 Å². The van der Waals surface area contributed by atoms with Crippen LogP contribution in [0.15, 0.2) is 40.9 Å². The van der Waals surface area contributed by atoms with Gasteiger partial charge in [0.15, 0.2) is 0 Å². The number of hydrogen-bond acceptors (Lipinski definition) is 4. The van der Waals surface area contributed by atoms with E-state index in [2.05, 4.69) is 15.7 Å². The number of para-hydroxylation sites is 1. The second-order valence-electron chi connectivity index (χ2n) is 4.75. The Morgan fingerprint density at radius 3 is 3.16 bits per heavy atom. The molecular formula is C15H16N2O2. The molecule has 0 radical (unpaired) electrons. The maximum absolute atomic E-state index is 11.2. The predicted molar refractivity (Wildman–Crippen MR) is 73.3 cm³/mol. The summed E-state index contributed by atoms with van der Waals surface area (Å²) < 4.78 is 4.67. The van der Waals surface area contributed by atoms with Crippen molar-refractivity contribution in [2.75, 3.05) is 13.7 Å². The van der Waals surface area contributed by atoms with Gasteiger partial charge in [-0.25, -0.2) is 4.99 Å². The molecule has 0 bridgehead atoms. The summed E-state index contributed by atoms with van der Waals surface area (Å²) in [7, 11) is 1.41. The molecule has 0 amide bonds. The summed E-state index contributed by atoms with van der Waals surface area (Å²) in [6.45, 7) is 1.88. The third-order valence-corrected chi connectivity index (χ3v) is 3.56. The normalized spacial score (nSPS) is 18.9. The molecule has 0 aromatic heterocycles. The number of rotatable bonds is 2. The number of amidine groups is 1. The number of aliphatic imine (C=N–C) groups is 1. The molecule has 1 aromatic rings. The van der Waals surface area contributed by atoms with Crippen LogP contribution < -0.4 is 0 Å². The first-order valence-corrected chi connectivity index (χ1v) is 6.45. The van der Waals surface area contributed by atoms with Crippen molar-refractivity contribution in [3.05, 3.63) is 41.5 Å². The van der Waals surface area contributed by atoms with E-state index in [0.717, 1.165) is 36.6 Å². The topological polar surface area (TPSA) is 41.9 Å². The molecule has 1 fully saturated rings. The molecular weight excluding hydrogens is 240 g/mol. The SMILES string of the molecule is COC(=O)C/C=C1\CCN2Cc3ccccc3N=C12. The van der Waals surface area contributed by atoms with Gasteiger partial charge >= 0.3 is 5.97 Å². The lowest BCUT2D eigenvalue weighted by molar-refractivity contribution is -0.139. The van der Waals surface area contributed by atoms with E-state index in [4.69, 9.17) is 4.99 Å². The molecule has 0 saturated carbocycles. The van der Waals surface area contributed by atoms with Crippen LogP contribution in [-0.2, 0) is 16.1 Å². The van der Waals surface area contributed by atoms with Gasteiger partial charge in [0, 0.05) is 13.1 Å². The lowest BCUT2D eigenvalue weighted by atomic mass is 10.1. The van der Waals surface area contributed by atoms with Gasteiger partial charge in [0.25, 0.3) is 0 Å². The van der Waals surface area contributed by atoms with Crippen LogP contribution in [0.1, 0.15) is 18.4 Å². The van der Waals surface area contributed by atoms with E-state index in [9.17, 15) is 4.79 Å². The molecule has 0 spiro atoms. The first-order chi connectivity index (χ1) is 9.28. The van der Waals surface area contributed by atoms with E-state index < -0.39 is 0 Å². The zero-order valence-electron chi connectivity index (χ0n) is 10.9. The van der Waals surface area contributed by atoms with Crippen molar-refractivity contribution in [2.45, 2.75) is 19.4 Å². The largest absolute Gasteiger partial charge is 0.469 e. The first kappa shape index (κ1) is 12.0. The van der Waals surface area contributed by atoms with Crippen molar-refractivity contribution in [2.24, 2.45) is 4.99 Å². The van der Waals surface area contributed by atoms with Crippen molar-refractivity contribution in [1.29, 1.82) is 0 Å². The Morgan fingerprint density at radius 2 is 2.32 bits per heavy atom. The number of ether oxygens (including phenoxy) is 1. The predicted octanol–water partition coefficient (Wildman–Crippen LogP) is 2.43. The van der Waals surface area contributed by atoms with Crippen molar-refractivity contribution in [1.82, 2.24) is 4.90 Å². The smallest absolute Gasteiger partial charge is 0.309 e. The summed E-state index contributed by atoms with van der Waals surface area (Å²) >= 11 is 0. The van der Waals surface area contributed by atoms with Gasteiger partial charge in [-0.1, -0.05) is 24.3 Å². The minimum Gasteiger partial charge on any atom is -0.469 e. The van der Waals surface area contributed by atoms with E-state index >= 15 is 0 Å². The standard InChI is InChI=1S/C15H16N2O2/c1-19-14(18)7-6-11-8-9-17-10-12-4-2-3-5-13(12)16-15(11)17/h2-6H,7-10H2,1H3/b11-6+. The molecule has 0 unspecified atom stereocenters. The van der Waals surface area contributed by atoms with Crippen LogP contribution in [0.4, 0.5) is 5.69 Å². The quantitative estimate of drug-likeness (QED) is 0.763. The summed E-state index contributed by atoms with van der Waals surface area (Å²) in [4.78, 5) is 18.2. The van der Waals surface area contributed by atoms with Crippen LogP contribution in [-0.4, -0.2) is 30.4 Å². The molecule has 4 heteroatoms. The van der Waals surface area contributed by atoms with Crippen molar-refractivity contribution >= 4 is 17.5 Å². The summed E-state index contributed by atoms with van der Waals surface area (Å²) in [5.74, 6) is 0.811. The molecule has 2 heterocycles. The monoisotopic (exact) mass is 256 g/mol. The van der Waals surface area contributed by atoms with Crippen molar-refractivity contribution < 1.29 is 9.53 Å². The van der Waals surface area contributed by atoms with Crippen LogP contribution >= 0.6 is 0 Å². The Kier molecular flexibility index (Phi) is 3.07. The summed E-state index contributed by atoms with van der Waals surface area (Å²) in [5.41, 5.74) is 3.46. The first-order valence-electron chi connectivity index (χ1n) is 6.45. The third kappa shape index (κ3) is 2.26. The molecule has 98 valence electrons. The fraction of sp³-hybridized carbons (Fsp3) is 0.333. The number of methoxy groups -OCH3 is 1. The summed E-state index contributed by atoms with van der Waals surface area (Å²) in [5, 5.41) is 0. The Balaban J connectivity index is 1.88. The highest BCUT2D eigenvalue weighted by atomic mass is 16.5. The Morgan fingerprint density at radius 1 is 1.47 bits per heavy atom. The average molecular weight is 256 g/mol. The molecule has 2 aliphatic rings. The molecule has 1 saturated heterocycles. The molecule has 2 aliphatic heterocycles. The molecule has 4 nitrogen and oxygen atoms in total. The zero-order valence-corrected chi connectivity index (χ0v) is 10.9. The van der Waals surface area contributed by atoms with Crippen LogP contribution in [0.25, 0.3) is 0 Å². The Labute approximate surface area is 112 Å². The van der Waals surface area contributed by atoms with Crippen molar-refractivity contribution in [3.8, 4) is 0 Å². The Hall–Kier alpha value is -2.10. The summed E-state index contributed by atoms with van der Waals surface area (Å²) in [6.07, 6.45) is 3.21. The fourth-order valence-electron chi connectivity index (χ4n) is 2.53. The van der Waals surface area contributed by atoms with E-state index in [1.807, 2.05) is 24.3 Å². The van der Waals surface area contributed by atoms with E-state index in [0.29, 0.717) is 6.42 Å². The number of fused-ring (bicyclic) bond motifs is 2. The summed E-state index contributed by atoms with van der Waals surface area (Å²) in [6, 6.07) is 8.20. The maximum Gasteiger partial charge on any atom is 0.309 e. The highest BCUT2D eigenvalue weighted by Crippen LogP contribution is 2.32. The molecule has 0 aliphatic carbocycles. The van der Waals surface area contributed by atoms with Gasteiger partial charge in [0.2, 0.25) is 0 Å². The molecule has 0 N–H and O–H groups in total. The lowest BCUT2D eigenvalue weighted by Crippen LogP contribution is -2.27. The molecule has 0 atom stereocenters. The van der Waals surface area contributed by atoms with Gasteiger partial charge in [0.05, 0.1) is 19.2 Å². The molecule has 19 heavy (non-hydrogen) atoms. The van der Waals surface area contributed by atoms with Crippen LogP contribution in [0.3, 0.4) is 0 Å². The number of hydrogen-bond donors (Lipinski definition) is 0. The van der Waals surface area contributed by atoms with Crippen LogP contribution in [0.2, 0.25) is 0 Å². The van der Waals surface area contributed by atoms with Crippen molar-refractivity contribution in [3.63, 3.8) is 0 Å². The number of carbonyl (C=O) groups is 1. The van der Waals surface area contributed by atoms with E-state index in [1.54, 1.807) is 0 Å². The highest BCUT2D eigenvalue weighted by molar-refractivity contribution is 6.03. The van der Waals surface area contributed by atoms with Gasteiger partial charge in [-0.3, -0.25) is 4.79 Å². The number of nitrogens with zero attached hydrogens (tertiary/aromatic N) is 2. The van der Waals surface area contributed by atoms with E-state index in [-0.39, 0.29) is 5.97 Å². The van der Waals surface area contributed by atoms with E-state index in [1.165, 1.54) is 12.7 Å². The van der Waals surface area contributed by atoms with Crippen LogP contribution in [0.5, 0.6) is 0 Å². The van der Waals surface area contributed by atoms with Gasteiger partial charge in [0.1, 0.15) is 5.84 Å². The minimum absolute atomic E-state index is 0.206. The molecule has 1 aromatic carbocycles. The Bertz CT molecular complexity index is 575.